The van der Waals surface area contributed by atoms with Gasteiger partial charge in [0.15, 0.2) is 5.69 Å². The van der Waals surface area contributed by atoms with Gasteiger partial charge in [-0.3, -0.25) is 0 Å². The summed E-state index contributed by atoms with van der Waals surface area (Å²) >= 11 is 0. The molecule has 1 aliphatic heterocycles. The minimum Gasteiger partial charge on any atom is -0.376 e. The SMILES string of the molecule is [C-]#[N+]c1ccc(COC[C@@H]2C[C@@H]2C2CCN(c3ncc(CC)cn3)CC2)cc1. The van der Waals surface area contributed by atoms with Gasteiger partial charge in [-0.1, -0.05) is 31.2 Å². The van der Waals surface area contributed by atoms with Gasteiger partial charge in [-0.2, -0.15) is 0 Å². The topological polar surface area (TPSA) is 42.6 Å². The number of rotatable bonds is 7. The first-order chi connectivity index (χ1) is 13.8. The van der Waals surface area contributed by atoms with E-state index >= 15 is 0 Å². The van der Waals surface area contributed by atoms with Crippen molar-refractivity contribution in [2.45, 2.75) is 39.2 Å². The summed E-state index contributed by atoms with van der Waals surface area (Å²) in [5, 5.41) is 0. The monoisotopic (exact) mass is 376 g/mol. The molecule has 2 fully saturated rings. The van der Waals surface area contributed by atoms with Gasteiger partial charge in [-0.15, -0.1) is 0 Å². The van der Waals surface area contributed by atoms with E-state index in [1.165, 1.54) is 24.8 Å². The van der Waals surface area contributed by atoms with E-state index in [4.69, 9.17) is 11.3 Å². The molecule has 2 aliphatic rings. The molecule has 2 heterocycles. The van der Waals surface area contributed by atoms with Crippen LogP contribution < -0.4 is 4.90 Å². The van der Waals surface area contributed by atoms with Gasteiger partial charge in [0.05, 0.1) is 19.8 Å². The number of benzene rings is 1. The molecule has 1 saturated carbocycles. The highest BCUT2D eigenvalue weighted by molar-refractivity contribution is 5.45. The van der Waals surface area contributed by atoms with Crippen LogP contribution in [0.4, 0.5) is 11.6 Å². The summed E-state index contributed by atoms with van der Waals surface area (Å²) in [4.78, 5) is 14.8. The molecule has 28 heavy (non-hydrogen) atoms. The van der Waals surface area contributed by atoms with Crippen molar-refractivity contribution in [2.24, 2.45) is 17.8 Å². The summed E-state index contributed by atoms with van der Waals surface area (Å²) < 4.78 is 5.94. The van der Waals surface area contributed by atoms with Crippen LogP contribution in [-0.4, -0.2) is 29.7 Å². The first kappa shape index (κ1) is 18.9. The molecule has 0 spiro atoms. The van der Waals surface area contributed by atoms with E-state index in [1.807, 2.05) is 36.7 Å². The van der Waals surface area contributed by atoms with Crippen molar-refractivity contribution in [3.63, 3.8) is 0 Å². The van der Waals surface area contributed by atoms with Crippen molar-refractivity contribution < 1.29 is 4.74 Å². The van der Waals surface area contributed by atoms with Gasteiger partial charge < -0.3 is 9.64 Å². The number of piperidine rings is 1. The zero-order chi connectivity index (χ0) is 19.3. The van der Waals surface area contributed by atoms with Crippen LogP contribution in [0.5, 0.6) is 0 Å². The summed E-state index contributed by atoms with van der Waals surface area (Å²) in [7, 11) is 0. The van der Waals surface area contributed by atoms with Crippen LogP contribution in [0.1, 0.15) is 37.3 Å². The third kappa shape index (κ3) is 4.51. The fraction of sp³-hybridized carbons (Fsp3) is 0.522. The second kappa shape index (κ2) is 8.70. The Morgan fingerprint density at radius 1 is 1.11 bits per heavy atom. The highest BCUT2D eigenvalue weighted by Gasteiger charge is 2.43. The molecule has 1 aliphatic carbocycles. The van der Waals surface area contributed by atoms with Crippen molar-refractivity contribution in [3.8, 4) is 0 Å². The van der Waals surface area contributed by atoms with Gasteiger partial charge in [0.2, 0.25) is 5.95 Å². The summed E-state index contributed by atoms with van der Waals surface area (Å²) in [5.74, 6) is 3.25. The summed E-state index contributed by atoms with van der Waals surface area (Å²) in [6.45, 7) is 12.8. The van der Waals surface area contributed by atoms with Crippen LogP contribution in [0, 0.1) is 24.3 Å². The van der Waals surface area contributed by atoms with Crippen LogP contribution in [0.15, 0.2) is 36.7 Å². The molecule has 0 unspecified atom stereocenters. The number of anilines is 1. The van der Waals surface area contributed by atoms with Crippen molar-refractivity contribution in [3.05, 3.63) is 59.2 Å². The lowest BCUT2D eigenvalue weighted by atomic mass is 9.91. The molecule has 0 amide bonds. The van der Waals surface area contributed by atoms with Crippen molar-refractivity contribution in [1.29, 1.82) is 0 Å². The zero-order valence-electron chi connectivity index (χ0n) is 16.6. The number of hydrogen-bond donors (Lipinski definition) is 0. The Morgan fingerprint density at radius 3 is 2.46 bits per heavy atom. The molecular formula is C23H28N4O. The predicted molar refractivity (Wildman–Crippen MR) is 110 cm³/mol. The highest BCUT2D eigenvalue weighted by Crippen LogP contribution is 2.48. The Balaban J connectivity index is 1.17. The number of ether oxygens (including phenoxy) is 1. The van der Waals surface area contributed by atoms with Crippen molar-refractivity contribution in [2.75, 3.05) is 24.6 Å². The minimum absolute atomic E-state index is 0.644. The molecule has 0 N–H and O–H groups in total. The zero-order valence-corrected chi connectivity index (χ0v) is 16.6. The third-order valence-electron chi connectivity index (χ3n) is 6.17. The largest absolute Gasteiger partial charge is 0.376 e. The maximum absolute atomic E-state index is 7.00. The molecule has 2 atom stereocenters. The normalized spacial score (nSPS) is 22.1. The van der Waals surface area contributed by atoms with Crippen LogP contribution in [0.3, 0.4) is 0 Å². The maximum Gasteiger partial charge on any atom is 0.225 e. The molecule has 1 aromatic carbocycles. The van der Waals surface area contributed by atoms with E-state index in [9.17, 15) is 0 Å². The second-order valence-electron chi connectivity index (χ2n) is 8.02. The molecule has 5 nitrogen and oxygen atoms in total. The van der Waals surface area contributed by atoms with Crippen molar-refractivity contribution in [1.82, 2.24) is 9.97 Å². The Labute approximate surface area is 167 Å². The van der Waals surface area contributed by atoms with Gasteiger partial charge >= 0.3 is 0 Å². The lowest BCUT2D eigenvalue weighted by molar-refractivity contribution is 0.104. The fourth-order valence-corrected chi connectivity index (χ4v) is 4.26. The second-order valence-corrected chi connectivity index (χ2v) is 8.02. The Bertz CT molecular complexity index is 804. The molecule has 146 valence electrons. The number of hydrogen-bond acceptors (Lipinski definition) is 4. The van der Waals surface area contributed by atoms with E-state index in [0.717, 1.165) is 55.4 Å². The number of nitrogens with zero attached hydrogens (tertiary/aromatic N) is 4. The molecule has 5 heteroatoms. The molecule has 0 radical (unpaired) electrons. The first-order valence-corrected chi connectivity index (χ1v) is 10.4. The summed E-state index contributed by atoms with van der Waals surface area (Å²) in [6, 6.07) is 7.70. The van der Waals surface area contributed by atoms with Gasteiger partial charge in [0, 0.05) is 25.5 Å². The Kier molecular flexibility index (Phi) is 5.87. The quantitative estimate of drug-likeness (QED) is 0.659. The number of aryl methyl sites for hydroxylation is 1. The van der Waals surface area contributed by atoms with Gasteiger partial charge in [-0.05, 0) is 54.6 Å². The van der Waals surface area contributed by atoms with E-state index < -0.39 is 0 Å². The number of aromatic nitrogens is 2. The molecule has 1 saturated heterocycles. The van der Waals surface area contributed by atoms with Gasteiger partial charge in [0.1, 0.15) is 0 Å². The van der Waals surface area contributed by atoms with E-state index in [2.05, 4.69) is 26.6 Å². The lowest BCUT2D eigenvalue weighted by Crippen LogP contribution is -2.35. The molecule has 4 rings (SSSR count). The summed E-state index contributed by atoms with van der Waals surface area (Å²) in [5.41, 5.74) is 3.03. The summed E-state index contributed by atoms with van der Waals surface area (Å²) in [6.07, 6.45) is 8.68. The highest BCUT2D eigenvalue weighted by atomic mass is 16.5. The maximum atomic E-state index is 7.00. The molecule has 1 aromatic heterocycles. The standard InChI is InChI=1S/C23H28N4O/c1-3-17-13-25-23(26-14-17)27-10-8-19(9-11-27)22-12-20(22)16-28-15-18-4-6-21(24-2)7-5-18/h4-7,13-14,19-20,22H,3,8-12,15-16H2,1H3/t20-,22+/m0/s1. The lowest BCUT2D eigenvalue weighted by Gasteiger charge is -2.32. The third-order valence-corrected chi connectivity index (χ3v) is 6.17. The van der Waals surface area contributed by atoms with Crippen LogP contribution in [0.25, 0.3) is 4.85 Å². The smallest absolute Gasteiger partial charge is 0.225 e. The van der Waals surface area contributed by atoms with E-state index in [-0.39, 0.29) is 0 Å². The molecule has 0 bridgehead atoms. The fourth-order valence-electron chi connectivity index (χ4n) is 4.26. The van der Waals surface area contributed by atoms with Crippen LogP contribution in [-0.2, 0) is 17.8 Å². The Hall–Kier alpha value is -2.45. The predicted octanol–water partition coefficient (Wildman–Crippen LogP) is 4.66. The first-order valence-electron chi connectivity index (χ1n) is 10.4. The van der Waals surface area contributed by atoms with E-state index in [1.54, 1.807) is 0 Å². The van der Waals surface area contributed by atoms with Crippen LogP contribution in [0.2, 0.25) is 0 Å². The minimum atomic E-state index is 0.644. The average molecular weight is 377 g/mol. The molecular weight excluding hydrogens is 348 g/mol. The molecule has 2 aromatic rings. The van der Waals surface area contributed by atoms with Gasteiger partial charge in [-0.25, -0.2) is 14.8 Å². The average Bonchev–Trinajstić information content (AvgIpc) is 3.54. The van der Waals surface area contributed by atoms with Crippen LogP contribution >= 0.6 is 0 Å². The van der Waals surface area contributed by atoms with Crippen molar-refractivity contribution >= 4 is 11.6 Å². The van der Waals surface area contributed by atoms with E-state index in [0.29, 0.717) is 12.3 Å². The Morgan fingerprint density at radius 2 is 1.82 bits per heavy atom. The van der Waals surface area contributed by atoms with Gasteiger partial charge in [0.25, 0.3) is 0 Å².